The van der Waals surface area contributed by atoms with Gasteiger partial charge >= 0.3 is 16.9 Å². The van der Waals surface area contributed by atoms with Gasteiger partial charge in [0.15, 0.2) is 6.23 Å². The lowest BCUT2D eigenvalue weighted by Crippen LogP contribution is -2.39. The molecule has 1 aromatic heterocycles. The first-order chi connectivity index (χ1) is 9.90. The topological polar surface area (TPSA) is 157 Å². The fourth-order valence-corrected chi connectivity index (χ4v) is 2.14. The van der Waals surface area contributed by atoms with E-state index in [1.54, 1.807) is 4.98 Å². The van der Waals surface area contributed by atoms with Gasteiger partial charge in [-0.2, -0.15) is 0 Å². The van der Waals surface area contributed by atoms with Gasteiger partial charge in [-0.1, -0.05) is 0 Å². The molecule has 1 saturated heterocycles. The maximum absolute atomic E-state index is 11.8. The molecule has 0 saturated carbocycles. The molecule has 0 radical (unpaired) electrons. The first-order valence-electron chi connectivity index (χ1n) is 5.87. The van der Waals surface area contributed by atoms with Crippen LogP contribution >= 0.6 is 0 Å². The SMILES string of the molecule is CO[C@@H]1[C@H](O)[C@@H](CO)O[C@H]1n1cc([N+](=O)[O-])c(=O)[nH]c1=O. The number of rotatable bonds is 4. The largest absolute Gasteiger partial charge is 0.394 e. The molecule has 0 amide bonds. The molecule has 21 heavy (non-hydrogen) atoms. The van der Waals surface area contributed by atoms with Gasteiger partial charge in [-0.3, -0.25) is 24.5 Å². The number of nitro groups is 1. The number of hydrogen-bond acceptors (Lipinski definition) is 8. The van der Waals surface area contributed by atoms with Crippen LogP contribution < -0.4 is 11.2 Å². The van der Waals surface area contributed by atoms with Crippen molar-refractivity contribution in [3.63, 3.8) is 0 Å². The average molecular weight is 303 g/mol. The van der Waals surface area contributed by atoms with Crippen LogP contribution in [0.5, 0.6) is 0 Å². The molecule has 11 heteroatoms. The molecule has 2 rings (SSSR count). The van der Waals surface area contributed by atoms with E-state index in [-0.39, 0.29) is 0 Å². The Morgan fingerprint density at radius 1 is 1.57 bits per heavy atom. The number of methoxy groups -OCH3 is 1. The van der Waals surface area contributed by atoms with E-state index >= 15 is 0 Å². The van der Waals surface area contributed by atoms with E-state index in [9.17, 15) is 24.8 Å². The summed E-state index contributed by atoms with van der Waals surface area (Å²) in [6.45, 7) is -0.530. The number of H-pyrrole nitrogens is 1. The van der Waals surface area contributed by atoms with Crippen molar-refractivity contribution < 1.29 is 24.6 Å². The van der Waals surface area contributed by atoms with Crippen molar-refractivity contribution >= 4 is 5.69 Å². The number of ether oxygens (including phenoxy) is 2. The van der Waals surface area contributed by atoms with Crippen molar-refractivity contribution in [3.05, 3.63) is 37.1 Å². The fraction of sp³-hybridized carbons (Fsp3) is 0.600. The highest BCUT2D eigenvalue weighted by atomic mass is 16.6. The molecule has 0 spiro atoms. The van der Waals surface area contributed by atoms with Crippen LogP contribution in [-0.4, -0.2) is 56.7 Å². The number of nitrogens with zero attached hydrogens (tertiary/aromatic N) is 2. The van der Waals surface area contributed by atoms with E-state index in [1.807, 2.05) is 0 Å². The molecule has 1 aromatic rings. The van der Waals surface area contributed by atoms with Crippen molar-refractivity contribution in [2.24, 2.45) is 0 Å². The van der Waals surface area contributed by atoms with E-state index in [1.165, 1.54) is 7.11 Å². The number of hydrogen-bond donors (Lipinski definition) is 3. The van der Waals surface area contributed by atoms with Crippen LogP contribution in [0.25, 0.3) is 0 Å². The Hall–Kier alpha value is -2.08. The normalized spacial score (nSPS) is 28.7. The first kappa shape index (κ1) is 15.3. The van der Waals surface area contributed by atoms with Gasteiger partial charge in [0, 0.05) is 7.11 Å². The molecule has 1 aliphatic rings. The predicted molar refractivity (Wildman–Crippen MR) is 65.8 cm³/mol. The highest BCUT2D eigenvalue weighted by Gasteiger charge is 2.45. The minimum Gasteiger partial charge on any atom is -0.394 e. The Balaban J connectivity index is 2.51. The number of nitrogens with one attached hydrogen (secondary N) is 1. The fourth-order valence-electron chi connectivity index (χ4n) is 2.14. The number of aromatic amines is 1. The van der Waals surface area contributed by atoms with E-state index in [2.05, 4.69) is 0 Å². The summed E-state index contributed by atoms with van der Waals surface area (Å²) < 4.78 is 11.0. The van der Waals surface area contributed by atoms with Gasteiger partial charge in [0.25, 0.3) is 0 Å². The minimum absolute atomic E-state index is 0.530. The quantitative estimate of drug-likeness (QED) is 0.414. The summed E-state index contributed by atoms with van der Waals surface area (Å²) >= 11 is 0. The van der Waals surface area contributed by atoms with Gasteiger partial charge in [0.2, 0.25) is 0 Å². The molecule has 0 aromatic carbocycles. The summed E-state index contributed by atoms with van der Waals surface area (Å²) in [5, 5.41) is 29.7. The third-order valence-electron chi connectivity index (χ3n) is 3.18. The van der Waals surface area contributed by atoms with Gasteiger partial charge in [-0.05, 0) is 0 Å². The molecule has 0 unspecified atom stereocenters. The van der Waals surface area contributed by atoms with Crippen LogP contribution in [-0.2, 0) is 9.47 Å². The van der Waals surface area contributed by atoms with Crippen LogP contribution in [0.2, 0.25) is 0 Å². The Labute approximate surface area is 116 Å². The zero-order valence-electron chi connectivity index (χ0n) is 10.8. The van der Waals surface area contributed by atoms with Crippen LogP contribution in [0.4, 0.5) is 5.69 Å². The van der Waals surface area contributed by atoms with E-state index in [0.29, 0.717) is 6.20 Å². The third-order valence-corrected chi connectivity index (χ3v) is 3.18. The number of aliphatic hydroxyl groups excluding tert-OH is 2. The number of aliphatic hydroxyl groups is 2. The lowest BCUT2D eigenvalue weighted by atomic mass is 10.1. The molecule has 116 valence electrons. The van der Waals surface area contributed by atoms with Crippen LogP contribution in [0.1, 0.15) is 6.23 Å². The smallest absolute Gasteiger partial charge is 0.350 e. The molecule has 2 heterocycles. The van der Waals surface area contributed by atoms with Gasteiger partial charge in [0.1, 0.15) is 18.3 Å². The van der Waals surface area contributed by atoms with Crippen LogP contribution in [0, 0.1) is 10.1 Å². The number of aromatic nitrogens is 2. The summed E-state index contributed by atoms with van der Waals surface area (Å²) in [7, 11) is 1.25. The molecule has 3 N–H and O–H groups in total. The Kier molecular flexibility index (Phi) is 4.18. The molecule has 1 fully saturated rings. The molecule has 0 aliphatic carbocycles. The zero-order chi connectivity index (χ0) is 15.7. The Morgan fingerprint density at radius 3 is 2.76 bits per heavy atom. The standard InChI is InChI=1S/C10H13N3O8/c1-20-7-6(15)5(3-14)21-9(7)12-2-4(13(18)19)8(16)11-10(12)17/h2,5-7,9,14-15H,3H2,1H3,(H,11,16,17)/t5-,6-,7-,9-/m1/s1. The van der Waals surface area contributed by atoms with Crippen molar-refractivity contribution in [1.29, 1.82) is 0 Å². The summed E-state index contributed by atoms with van der Waals surface area (Å²) in [6, 6.07) is 0. The highest BCUT2D eigenvalue weighted by Crippen LogP contribution is 2.30. The summed E-state index contributed by atoms with van der Waals surface area (Å²) in [6.07, 6.45) is -3.79. The van der Waals surface area contributed by atoms with E-state index < -0.39 is 53.0 Å². The maximum atomic E-state index is 11.8. The second-order valence-corrected chi connectivity index (χ2v) is 4.38. The van der Waals surface area contributed by atoms with Gasteiger partial charge < -0.3 is 19.7 Å². The Morgan fingerprint density at radius 2 is 2.24 bits per heavy atom. The van der Waals surface area contributed by atoms with Crippen molar-refractivity contribution in [3.8, 4) is 0 Å². The monoisotopic (exact) mass is 303 g/mol. The maximum Gasteiger partial charge on any atom is 0.350 e. The molecule has 4 atom stereocenters. The molecule has 0 bridgehead atoms. The van der Waals surface area contributed by atoms with E-state index in [0.717, 1.165) is 4.57 Å². The summed E-state index contributed by atoms with van der Waals surface area (Å²) in [4.78, 5) is 34.7. The second kappa shape index (κ2) is 5.73. The van der Waals surface area contributed by atoms with Gasteiger partial charge in [0.05, 0.1) is 17.7 Å². The average Bonchev–Trinajstić information content (AvgIpc) is 2.74. The summed E-state index contributed by atoms with van der Waals surface area (Å²) in [5.41, 5.74) is -2.95. The molecular formula is C10H13N3O8. The van der Waals surface area contributed by atoms with E-state index in [4.69, 9.17) is 14.6 Å². The van der Waals surface area contributed by atoms with Crippen LogP contribution in [0.3, 0.4) is 0 Å². The molecule has 1 aliphatic heterocycles. The van der Waals surface area contributed by atoms with Crippen LogP contribution in [0.15, 0.2) is 15.8 Å². The third kappa shape index (κ3) is 2.58. The Bertz CT molecular complexity index is 652. The van der Waals surface area contributed by atoms with Crippen molar-refractivity contribution in [1.82, 2.24) is 9.55 Å². The van der Waals surface area contributed by atoms with Crippen molar-refractivity contribution in [2.45, 2.75) is 24.5 Å². The second-order valence-electron chi connectivity index (χ2n) is 4.38. The lowest BCUT2D eigenvalue weighted by molar-refractivity contribution is -0.387. The molecular weight excluding hydrogens is 290 g/mol. The zero-order valence-corrected chi connectivity index (χ0v) is 10.8. The summed E-state index contributed by atoms with van der Waals surface area (Å²) in [5.74, 6) is 0. The minimum atomic E-state index is -1.23. The van der Waals surface area contributed by atoms with Gasteiger partial charge in [-0.15, -0.1) is 0 Å². The lowest BCUT2D eigenvalue weighted by Gasteiger charge is -2.19. The predicted octanol–water partition coefficient (Wildman–Crippen LogP) is -2.29. The highest BCUT2D eigenvalue weighted by molar-refractivity contribution is 5.21. The van der Waals surface area contributed by atoms with Gasteiger partial charge in [-0.25, -0.2) is 4.79 Å². The molecule has 11 nitrogen and oxygen atoms in total. The van der Waals surface area contributed by atoms with Crippen molar-refractivity contribution in [2.75, 3.05) is 13.7 Å². The first-order valence-corrected chi connectivity index (χ1v) is 5.87.